The molecule has 1 heterocycles. The Labute approximate surface area is 95.8 Å². The van der Waals surface area contributed by atoms with E-state index in [-0.39, 0.29) is 18.5 Å². The molecular weight excluding hydrogens is 208 g/mol. The molecule has 5 nitrogen and oxygen atoms in total. The molecule has 0 bridgehead atoms. The van der Waals surface area contributed by atoms with Gasteiger partial charge in [-0.2, -0.15) is 0 Å². The van der Waals surface area contributed by atoms with Crippen molar-refractivity contribution in [2.45, 2.75) is 45.1 Å². The monoisotopic (exact) mass is 228 g/mol. The SMILES string of the molecule is CC1(C)NC(=O)N(CCCCCCO)C1=O. The summed E-state index contributed by atoms with van der Waals surface area (Å²) in [5.74, 6) is -0.153. The number of carbonyl (C=O) groups excluding carboxylic acids is 2. The molecule has 0 aromatic carbocycles. The van der Waals surface area contributed by atoms with E-state index in [2.05, 4.69) is 5.32 Å². The Hall–Kier alpha value is -1.10. The average molecular weight is 228 g/mol. The molecular formula is C11H20N2O3. The zero-order valence-corrected chi connectivity index (χ0v) is 9.95. The number of amides is 3. The molecule has 5 heteroatoms. The van der Waals surface area contributed by atoms with Gasteiger partial charge in [-0.1, -0.05) is 12.8 Å². The van der Waals surface area contributed by atoms with E-state index in [1.165, 1.54) is 4.90 Å². The summed E-state index contributed by atoms with van der Waals surface area (Å²) in [6.45, 7) is 4.09. The molecule has 0 saturated carbocycles. The molecule has 92 valence electrons. The quantitative estimate of drug-likeness (QED) is 0.523. The van der Waals surface area contributed by atoms with Crippen LogP contribution in [0.3, 0.4) is 0 Å². The second-order valence-electron chi connectivity index (χ2n) is 4.65. The number of aliphatic hydroxyl groups is 1. The predicted molar refractivity (Wildman–Crippen MR) is 59.9 cm³/mol. The van der Waals surface area contributed by atoms with Gasteiger partial charge in [-0.25, -0.2) is 4.79 Å². The maximum atomic E-state index is 11.8. The van der Waals surface area contributed by atoms with Crippen molar-refractivity contribution < 1.29 is 14.7 Å². The van der Waals surface area contributed by atoms with Crippen LogP contribution < -0.4 is 5.32 Å². The van der Waals surface area contributed by atoms with Crippen LogP contribution in [0.5, 0.6) is 0 Å². The molecule has 0 radical (unpaired) electrons. The molecule has 2 N–H and O–H groups in total. The van der Waals surface area contributed by atoms with Gasteiger partial charge in [0.05, 0.1) is 0 Å². The molecule has 1 fully saturated rings. The van der Waals surface area contributed by atoms with E-state index in [9.17, 15) is 9.59 Å². The van der Waals surface area contributed by atoms with Crippen LogP contribution in [0.4, 0.5) is 4.79 Å². The van der Waals surface area contributed by atoms with E-state index < -0.39 is 5.54 Å². The van der Waals surface area contributed by atoms with Crippen LogP contribution in [-0.2, 0) is 4.79 Å². The molecule has 3 amide bonds. The summed E-state index contributed by atoms with van der Waals surface area (Å²) in [7, 11) is 0. The minimum absolute atomic E-state index is 0.153. The van der Waals surface area contributed by atoms with Crippen LogP contribution in [0.25, 0.3) is 0 Å². The lowest BCUT2D eigenvalue weighted by molar-refractivity contribution is -0.130. The Morgan fingerprint density at radius 1 is 1.19 bits per heavy atom. The molecule has 0 aromatic rings. The number of nitrogens with one attached hydrogen (secondary N) is 1. The molecule has 16 heavy (non-hydrogen) atoms. The van der Waals surface area contributed by atoms with E-state index >= 15 is 0 Å². The Kier molecular flexibility index (Phi) is 4.29. The number of hydrogen-bond donors (Lipinski definition) is 2. The number of carbonyl (C=O) groups is 2. The Morgan fingerprint density at radius 2 is 1.81 bits per heavy atom. The van der Waals surface area contributed by atoms with E-state index in [0.29, 0.717) is 6.54 Å². The summed E-state index contributed by atoms with van der Waals surface area (Å²) in [6, 6.07) is -0.294. The molecule has 1 aliphatic rings. The molecule has 1 rings (SSSR count). The molecule has 1 aliphatic heterocycles. The van der Waals surface area contributed by atoms with Crippen molar-refractivity contribution in [1.29, 1.82) is 0 Å². The van der Waals surface area contributed by atoms with Gasteiger partial charge in [-0.3, -0.25) is 9.69 Å². The highest BCUT2D eigenvalue weighted by Gasteiger charge is 2.43. The highest BCUT2D eigenvalue weighted by molar-refractivity contribution is 6.06. The first-order valence-corrected chi connectivity index (χ1v) is 5.74. The molecule has 1 saturated heterocycles. The lowest BCUT2D eigenvalue weighted by Gasteiger charge is -2.15. The third kappa shape index (κ3) is 2.95. The standard InChI is InChI=1S/C11H20N2O3/c1-11(2)9(15)13(10(16)12-11)7-5-3-4-6-8-14/h14H,3-8H2,1-2H3,(H,12,16). The molecule has 0 atom stereocenters. The van der Waals surface area contributed by atoms with Gasteiger partial charge >= 0.3 is 6.03 Å². The lowest BCUT2D eigenvalue weighted by Crippen LogP contribution is -2.40. The highest BCUT2D eigenvalue weighted by atomic mass is 16.3. The van der Waals surface area contributed by atoms with Gasteiger partial charge in [-0.05, 0) is 26.7 Å². The maximum absolute atomic E-state index is 11.8. The third-order valence-electron chi connectivity index (χ3n) is 2.73. The first kappa shape index (κ1) is 13.0. The van der Waals surface area contributed by atoms with E-state index in [4.69, 9.17) is 5.11 Å². The van der Waals surface area contributed by atoms with Crippen molar-refractivity contribution in [3.05, 3.63) is 0 Å². The normalized spacial score (nSPS) is 19.1. The summed E-state index contributed by atoms with van der Waals surface area (Å²) in [4.78, 5) is 24.5. The minimum atomic E-state index is -0.762. The van der Waals surface area contributed by atoms with Crippen LogP contribution in [0.15, 0.2) is 0 Å². The van der Waals surface area contributed by atoms with Gasteiger partial charge < -0.3 is 10.4 Å². The van der Waals surface area contributed by atoms with E-state index in [0.717, 1.165) is 25.7 Å². The van der Waals surface area contributed by atoms with Gasteiger partial charge in [0.1, 0.15) is 5.54 Å². The van der Waals surface area contributed by atoms with Gasteiger partial charge in [0.2, 0.25) is 0 Å². The number of imide groups is 1. The Balaban J connectivity index is 2.32. The number of rotatable bonds is 6. The van der Waals surface area contributed by atoms with Crippen LogP contribution in [0.2, 0.25) is 0 Å². The zero-order chi connectivity index (χ0) is 12.2. The summed E-state index contributed by atoms with van der Waals surface area (Å²) >= 11 is 0. The summed E-state index contributed by atoms with van der Waals surface area (Å²) in [5.41, 5.74) is -0.762. The third-order valence-corrected chi connectivity index (χ3v) is 2.73. The topological polar surface area (TPSA) is 69.6 Å². The second kappa shape index (κ2) is 5.30. The fraction of sp³-hybridized carbons (Fsp3) is 0.818. The molecule has 0 aliphatic carbocycles. The number of unbranched alkanes of at least 4 members (excludes halogenated alkanes) is 3. The molecule has 0 spiro atoms. The smallest absolute Gasteiger partial charge is 0.325 e. The number of urea groups is 1. The van der Waals surface area contributed by atoms with Gasteiger partial charge in [0.25, 0.3) is 5.91 Å². The largest absolute Gasteiger partial charge is 0.396 e. The minimum Gasteiger partial charge on any atom is -0.396 e. The van der Waals surface area contributed by atoms with Gasteiger partial charge in [-0.15, -0.1) is 0 Å². The van der Waals surface area contributed by atoms with Gasteiger partial charge in [0, 0.05) is 13.2 Å². The summed E-state index contributed by atoms with van der Waals surface area (Å²) < 4.78 is 0. The zero-order valence-electron chi connectivity index (χ0n) is 9.95. The van der Waals surface area contributed by atoms with E-state index in [1.807, 2.05) is 0 Å². The number of aliphatic hydroxyl groups excluding tert-OH is 1. The first-order valence-electron chi connectivity index (χ1n) is 5.74. The first-order chi connectivity index (χ1) is 7.49. The summed E-state index contributed by atoms with van der Waals surface area (Å²) in [5, 5.41) is 11.2. The number of nitrogens with zero attached hydrogens (tertiary/aromatic N) is 1. The fourth-order valence-electron chi connectivity index (χ4n) is 1.76. The van der Waals surface area contributed by atoms with Crippen molar-refractivity contribution in [1.82, 2.24) is 10.2 Å². The lowest BCUT2D eigenvalue weighted by atomic mass is 10.1. The Bertz CT molecular complexity index is 276. The van der Waals surface area contributed by atoms with Crippen molar-refractivity contribution in [2.24, 2.45) is 0 Å². The van der Waals surface area contributed by atoms with Crippen LogP contribution in [-0.4, -0.2) is 40.6 Å². The molecule has 0 unspecified atom stereocenters. The van der Waals surface area contributed by atoms with E-state index in [1.54, 1.807) is 13.8 Å². The predicted octanol–water partition coefficient (Wildman–Crippen LogP) is 0.869. The van der Waals surface area contributed by atoms with Crippen LogP contribution in [0, 0.1) is 0 Å². The van der Waals surface area contributed by atoms with Crippen LogP contribution >= 0.6 is 0 Å². The van der Waals surface area contributed by atoms with Gasteiger partial charge in [0.15, 0.2) is 0 Å². The van der Waals surface area contributed by atoms with Crippen molar-refractivity contribution in [3.8, 4) is 0 Å². The molecule has 0 aromatic heterocycles. The van der Waals surface area contributed by atoms with Crippen molar-refractivity contribution in [3.63, 3.8) is 0 Å². The summed E-state index contributed by atoms with van der Waals surface area (Å²) in [6.07, 6.45) is 3.45. The number of hydrogen-bond acceptors (Lipinski definition) is 3. The average Bonchev–Trinajstić information content (AvgIpc) is 2.39. The Morgan fingerprint density at radius 3 is 2.31 bits per heavy atom. The van der Waals surface area contributed by atoms with Crippen molar-refractivity contribution in [2.75, 3.05) is 13.2 Å². The fourth-order valence-corrected chi connectivity index (χ4v) is 1.76. The van der Waals surface area contributed by atoms with Crippen molar-refractivity contribution >= 4 is 11.9 Å². The van der Waals surface area contributed by atoms with Crippen LogP contribution in [0.1, 0.15) is 39.5 Å². The maximum Gasteiger partial charge on any atom is 0.325 e. The highest BCUT2D eigenvalue weighted by Crippen LogP contribution is 2.17. The second-order valence-corrected chi connectivity index (χ2v) is 4.65.